The molecule has 0 heterocycles. The molecule has 1 unspecified atom stereocenters. The molecule has 0 spiro atoms. The van der Waals surface area contributed by atoms with Crippen molar-refractivity contribution in [3.05, 3.63) is 33.9 Å². The van der Waals surface area contributed by atoms with Gasteiger partial charge in [-0.05, 0) is 30.9 Å². The summed E-state index contributed by atoms with van der Waals surface area (Å²) >= 11 is 0. The molecule has 0 bridgehead atoms. The maximum Gasteiger partial charge on any atom is 0.311 e. The lowest BCUT2D eigenvalue weighted by Gasteiger charge is -2.27. The van der Waals surface area contributed by atoms with Gasteiger partial charge in [-0.15, -0.1) is 0 Å². The number of nitro benzene ring substituents is 1. The Balaban J connectivity index is 2.92. The van der Waals surface area contributed by atoms with Gasteiger partial charge in [0.25, 0.3) is 0 Å². The van der Waals surface area contributed by atoms with E-state index in [1.807, 2.05) is 20.8 Å². The van der Waals surface area contributed by atoms with Gasteiger partial charge >= 0.3 is 5.69 Å². The first-order valence-corrected chi connectivity index (χ1v) is 6.40. The molecule has 106 valence electrons. The summed E-state index contributed by atoms with van der Waals surface area (Å²) in [6, 6.07) is 4.90. The highest BCUT2D eigenvalue weighted by Crippen LogP contribution is 2.29. The molecule has 0 aliphatic carbocycles. The highest BCUT2D eigenvalue weighted by molar-refractivity contribution is 5.48. The number of ether oxygens (including phenoxy) is 1. The topological polar surface area (TPSA) is 72.6 Å². The van der Waals surface area contributed by atoms with Gasteiger partial charge in [0.1, 0.15) is 6.61 Å². The smallest absolute Gasteiger partial charge is 0.311 e. The van der Waals surface area contributed by atoms with Crippen LogP contribution in [0.25, 0.3) is 0 Å². The number of hydrogen-bond acceptors (Lipinski definition) is 4. The summed E-state index contributed by atoms with van der Waals surface area (Å²) in [5, 5.41) is 21.1. The van der Waals surface area contributed by atoms with Gasteiger partial charge in [-0.3, -0.25) is 10.1 Å². The van der Waals surface area contributed by atoms with Crippen LogP contribution in [-0.2, 0) is 6.42 Å². The zero-order valence-corrected chi connectivity index (χ0v) is 11.8. The molecular formula is C14H21NO4. The van der Waals surface area contributed by atoms with Gasteiger partial charge in [0, 0.05) is 6.07 Å². The Hall–Kier alpha value is -1.62. The minimum Gasteiger partial charge on any atom is -0.484 e. The molecule has 0 aliphatic heterocycles. The predicted molar refractivity (Wildman–Crippen MR) is 73.4 cm³/mol. The zero-order valence-electron chi connectivity index (χ0n) is 11.8. The van der Waals surface area contributed by atoms with Gasteiger partial charge in [-0.25, -0.2) is 0 Å². The van der Waals surface area contributed by atoms with Crippen molar-refractivity contribution >= 4 is 5.69 Å². The van der Waals surface area contributed by atoms with Crippen molar-refractivity contribution in [2.75, 3.05) is 6.61 Å². The fraction of sp³-hybridized carbons (Fsp3) is 0.571. The lowest BCUT2D eigenvalue weighted by atomic mass is 9.94. The van der Waals surface area contributed by atoms with E-state index in [1.165, 1.54) is 6.07 Å². The van der Waals surface area contributed by atoms with Gasteiger partial charge in [0.2, 0.25) is 0 Å². The maximum atomic E-state index is 11.0. The Morgan fingerprint density at radius 1 is 1.47 bits per heavy atom. The molecule has 0 fully saturated rings. The minimum atomic E-state index is -1.02. The van der Waals surface area contributed by atoms with Crippen LogP contribution in [-0.4, -0.2) is 22.2 Å². The summed E-state index contributed by atoms with van der Waals surface area (Å²) in [5.41, 5.74) is -0.189. The van der Waals surface area contributed by atoms with E-state index in [1.54, 1.807) is 19.1 Å². The van der Waals surface area contributed by atoms with Crippen LogP contribution >= 0.6 is 0 Å². The summed E-state index contributed by atoms with van der Waals surface area (Å²) in [4.78, 5) is 10.6. The van der Waals surface area contributed by atoms with Crippen LogP contribution in [0.4, 0.5) is 5.69 Å². The molecule has 1 atom stereocenters. The van der Waals surface area contributed by atoms with Crippen LogP contribution in [0.3, 0.4) is 0 Å². The highest BCUT2D eigenvalue weighted by atomic mass is 16.6. The normalized spacial score (nSPS) is 14.2. The van der Waals surface area contributed by atoms with E-state index in [0.717, 1.165) is 12.0 Å². The molecule has 5 nitrogen and oxygen atoms in total. The molecule has 0 aromatic heterocycles. The Morgan fingerprint density at radius 2 is 2.11 bits per heavy atom. The first-order valence-electron chi connectivity index (χ1n) is 6.40. The molecule has 0 aliphatic rings. The van der Waals surface area contributed by atoms with Gasteiger partial charge in [-0.1, -0.05) is 26.8 Å². The fourth-order valence-corrected chi connectivity index (χ4v) is 1.44. The molecule has 0 saturated heterocycles. The predicted octanol–water partition coefficient (Wildman–Crippen LogP) is 2.94. The van der Waals surface area contributed by atoms with Crippen molar-refractivity contribution in [1.29, 1.82) is 0 Å². The average Bonchev–Trinajstić information content (AvgIpc) is 2.35. The quantitative estimate of drug-likeness (QED) is 0.635. The molecule has 1 aromatic rings. The average molecular weight is 267 g/mol. The first-order chi connectivity index (χ1) is 8.77. The summed E-state index contributed by atoms with van der Waals surface area (Å²) in [6.07, 6.45) is 0.727. The van der Waals surface area contributed by atoms with E-state index in [2.05, 4.69) is 0 Å². The third-order valence-corrected chi connectivity index (χ3v) is 3.39. The molecule has 0 amide bonds. The number of nitrogens with zero attached hydrogens (tertiary/aromatic N) is 1. The molecule has 1 N–H and O–H groups in total. The highest BCUT2D eigenvalue weighted by Gasteiger charge is 2.27. The third kappa shape index (κ3) is 3.92. The number of aryl methyl sites for hydroxylation is 1. The second-order valence-electron chi connectivity index (χ2n) is 5.21. The van der Waals surface area contributed by atoms with Crippen LogP contribution in [0.1, 0.15) is 33.3 Å². The zero-order chi connectivity index (χ0) is 14.6. The van der Waals surface area contributed by atoms with Crippen LogP contribution in [0.2, 0.25) is 0 Å². The lowest BCUT2D eigenvalue weighted by molar-refractivity contribution is -0.386. The summed E-state index contributed by atoms with van der Waals surface area (Å²) in [5.74, 6) is 0.199. The number of benzene rings is 1. The van der Waals surface area contributed by atoms with Crippen LogP contribution in [0, 0.1) is 16.0 Å². The molecule has 1 rings (SSSR count). The van der Waals surface area contributed by atoms with Gasteiger partial charge in [-0.2, -0.15) is 0 Å². The largest absolute Gasteiger partial charge is 0.484 e. The van der Waals surface area contributed by atoms with Gasteiger partial charge in [0.15, 0.2) is 5.75 Å². The monoisotopic (exact) mass is 267 g/mol. The van der Waals surface area contributed by atoms with Crippen molar-refractivity contribution < 1.29 is 14.8 Å². The molecule has 0 saturated carbocycles. The first kappa shape index (κ1) is 15.4. The van der Waals surface area contributed by atoms with E-state index in [9.17, 15) is 15.2 Å². The molecule has 19 heavy (non-hydrogen) atoms. The second-order valence-corrected chi connectivity index (χ2v) is 5.21. The standard InChI is InChI=1S/C14H21NO4/c1-5-11-6-7-13(12(8-11)15(17)18)19-9-14(4,16)10(2)3/h6-8,10,16H,5,9H2,1-4H3. The van der Waals surface area contributed by atoms with E-state index in [0.29, 0.717) is 0 Å². The van der Waals surface area contributed by atoms with Crippen LogP contribution in [0.15, 0.2) is 18.2 Å². The van der Waals surface area contributed by atoms with Crippen molar-refractivity contribution in [3.63, 3.8) is 0 Å². The fourth-order valence-electron chi connectivity index (χ4n) is 1.44. The lowest BCUT2D eigenvalue weighted by Crippen LogP contribution is -2.37. The van der Waals surface area contributed by atoms with Crippen LogP contribution < -0.4 is 4.74 Å². The third-order valence-electron chi connectivity index (χ3n) is 3.39. The van der Waals surface area contributed by atoms with Crippen molar-refractivity contribution in [2.45, 2.75) is 39.7 Å². The summed E-state index contributed by atoms with van der Waals surface area (Å²) < 4.78 is 5.43. The van der Waals surface area contributed by atoms with E-state index >= 15 is 0 Å². The van der Waals surface area contributed by atoms with Gasteiger partial charge in [0.05, 0.1) is 10.5 Å². The molecule has 1 aromatic carbocycles. The van der Waals surface area contributed by atoms with E-state index in [4.69, 9.17) is 4.74 Å². The number of rotatable bonds is 6. The maximum absolute atomic E-state index is 11.0. The Kier molecular flexibility index (Phi) is 4.89. The summed E-state index contributed by atoms with van der Waals surface area (Å²) in [7, 11) is 0. The van der Waals surface area contributed by atoms with Crippen molar-refractivity contribution in [1.82, 2.24) is 0 Å². The van der Waals surface area contributed by atoms with Crippen molar-refractivity contribution in [2.24, 2.45) is 5.92 Å². The Labute approximate surface area is 113 Å². The number of nitro groups is 1. The Bertz CT molecular complexity index is 455. The van der Waals surface area contributed by atoms with E-state index < -0.39 is 10.5 Å². The molecule has 5 heteroatoms. The molecule has 0 radical (unpaired) electrons. The van der Waals surface area contributed by atoms with Gasteiger partial charge < -0.3 is 9.84 Å². The van der Waals surface area contributed by atoms with E-state index in [-0.39, 0.29) is 24.0 Å². The SMILES string of the molecule is CCc1ccc(OCC(C)(O)C(C)C)c([N+](=O)[O-])c1. The number of aliphatic hydroxyl groups is 1. The Morgan fingerprint density at radius 3 is 2.58 bits per heavy atom. The van der Waals surface area contributed by atoms with Crippen LogP contribution in [0.5, 0.6) is 5.75 Å². The molecular weight excluding hydrogens is 246 g/mol. The number of hydrogen-bond donors (Lipinski definition) is 1. The summed E-state index contributed by atoms with van der Waals surface area (Å²) in [6.45, 7) is 7.36. The van der Waals surface area contributed by atoms with Crippen molar-refractivity contribution in [3.8, 4) is 5.75 Å². The second kappa shape index (κ2) is 6.02. The minimum absolute atomic E-state index is 0.00136.